The number of rotatable bonds is 19. The van der Waals surface area contributed by atoms with Gasteiger partial charge in [-0.2, -0.15) is 8.42 Å². The van der Waals surface area contributed by atoms with Gasteiger partial charge in [0.25, 0.3) is 21.9 Å². The van der Waals surface area contributed by atoms with Crippen LogP contribution in [0.2, 0.25) is 0 Å². The van der Waals surface area contributed by atoms with E-state index < -0.39 is 75.9 Å². The number of hydrogen-bond donors (Lipinski definition) is 3. The Morgan fingerprint density at radius 3 is 2.13 bits per heavy atom. The first-order valence-electron chi connectivity index (χ1n) is 19.6. The summed E-state index contributed by atoms with van der Waals surface area (Å²) in [7, 11) is -1.24. The standard InChI is InChI=1S/C45H49N3O13S/c1-27-14-13-19-32-33(27)20-31(56-5)21-34(32)44(52)61-41(45(3)26-59-45)43(51)48-38(42(50)47-35(24-55-4)28(2)49)37-40(58-23-30-17-11-8-12-18-30)39(36(46-37)25-60-62(6,53)54)57-22-29-15-9-7-10-16-29/h7-21,24,36,39-41,46H,22-23,25-26H2,1-6H3,(H,47,50)(H,48,51)/b35-24+,38-37-/t36-,39+,40+,41+,45-/m0/s1. The Labute approximate surface area is 359 Å². The number of carbonyl (C=O) groups is 4. The van der Waals surface area contributed by atoms with E-state index in [2.05, 4.69) is 16.0 Å². The second-order valence-corrected chi connectivity index (χ2v) is 16.6. The highest BCUT2D eigenvalue weighted by atomic mass is 32.2. The summed E-state index contributed by atoms with van der Waals surface area (Å²) in [5, 5.41) is 9.55. The van der Waals surface area contributed by atoms with E-state index in [0.717, 1.165) is 34.6 Å². The van der Waals surface area contributed by atoms with Crippen LogP contribution in [0.25, 0.3) is 10.8 Å². The summed E-state index contributed by atoms with van der Waals surface area (Å²) < 4.78 is 65.0. The van der Waals surface area contributed by atoms with Gasteiger partial charge in [0.2, 0.25) is 6.10 Å². The molecule has 2 aliphatic rings. The first-order valence-corrected chi connectivity index (χ1v) is 21.4. The molecule has 6 rings (SSSR count). The first kappa shape index (κ1) is 45.4. The molecule has 0 spiro atoms. The Bertz CT molecular complexity index is 2470. The lowest BCUT2D eigenvalue weighted by Gasteiger charge is -2.25. The number of hydrogen-bond acceptors (Lipinski definition) is 14. The molecular weight excluding hydrogens is 823 g/mol. The fourth-order valence-corrected chi connectivity index (χ4v) is 7.22. The van der Waals surface area contributed by atoms with Crippen molar-refractivity contribution >= 4 is 44.5 Å². The molecule has 0 bridgehead atoms. The summed E-state index contributed by atoms with van der Waals surface area (Å²) in [5.74, 6) is -3.05. The van der Waals surface area contributed by atoms with Gasteiger partial charge in [-0.25, -0.2) is 4.79 Å². The van der Waals surface area contributed by atoms with Crippen LogP contribution in [0.15, 0.2) is 114 Å². The number of Topliss-reactive ketones (excluding diaryl/α,β-unsaturated/α-hetero) is 1. The molecule has 62 heavy (non-hydrogen) atoms. The molecule has 16 nitrogen and oxygen atoms in total. The summed E-state index contributed by atoms with van der Waals surface area (Å²) in [6.45, 7) is 4.23. The molecule has 0 radical (unpaired) electrons. The lowest BCUT2D eigenvalue weighted by atomic mass is 9.99. The fourth-order valence-electron chi connectivity index (χ4n) is 6.82. The predicted octanol–water partition coefficient (Wildman–Crippen LogP) is 4.11. The Balaban J connectivity index is 1.44. The number of aryl methyl sites for hydroxylation is 1. The number of epoxide rings is 1. The maximum atomic E-state index is 14.7. The van der Waals surface area contributed by atoms with Crippen LogP contribution in [0.4, 0.5) is 0 Å². The van der Waals surface area contributed by atoms with Crippen molar-refractivity contribution in [2.24, 2.45) is 0 Å². The van der Waals surface area contributed by atoms with E-state index in [9.17, 15) is 27.6 Å². The highest BCUT2D eigenvalue weighted by Crippen LogP contribution is 2.35. The van der Waals surface area contributed by atoms with E-state index in [-0.39, 0.29) is 36.8 Å². The number of carbonyl (C=O) groups excluding carboxylic acids is 4. The Morgan fingerprint density at radius 1 is 0.903 bits per heavy atom. The molecule has 4 aromatic carbocycles. The molecule has 2 heterocycles. The molecule has 0 saturated carbocycles. The molecule has 5 atom stereocenters. The summed E-state index contributed by atoms with van der Waals surface area (Å²) in [4.78, 5) is 55.9. The third-order valence-corrected chi connectivity index (χ3v) is 10.8. The van der Waals surface area contributed by atoms with Crippen molar-refractivity contribution in [2.45, 2.75) is 63.9 Å². The molecule has 2 fully saturated rings. The van der Waals surface area contributed by atoms with Gasteiger partial charge in [-0.05, 0) is 53.4 Å². The van der Waals surface area contributed by atoms with Crippen molar-refractivity contribution in [1.29, 1.82) is 0 Å². The average molecular weight is 872 g/mol. The van der Waals surface area contributed by atoms with Gasteiger partial charge in [-0.1, -0.05) is 78.9 Å². The smallest absolute Gasteiger partial charge is 0.339 e. The summed E-state index contributed by atoms with van der Waals surface area (Å²) in [6.07, 6.45) is -1.97. The highest BCUT2D eigenvalue weighted by molar-refractivity contribution is 7.85. The molecule has 0 aliphatic carbocycles. The van der Waals surface area contributed by atoms with Crippen LogP contribution in [0.3, 0.4) is 0 Å². The Kier molecular flexibility index (Phi) is 14.5. The largest absolute Gasteiger partial charge is 0.502 e. The number of esters is 1. The van der Waals surface area contributed by atoms with Crippen LogP contribution in [0.5, 0.6) is 5.75 Å². The summed E-state index contributed by atoms with van der Waals surface area (Å²) in [5.41, 5.74) is 0.404. The summed E-state index contributed by atoms with van der Waals surface area (Å²) in [6, 6.07) is 26.0. The maximum absolute atomic E-state index is 14.7. The van der Waals surface area contributed by atoms with E-state index in [1.807, 2.05) is 73.7 Å². The Morgan fingerprint density at radius 2 is 1.55 bits per heavy atom. The van der Waals surface area contributed by atoms with Gasteiger partial charge < -0.3 is 44.4 Å². The van der Waals surface area contributed by atoms with E-state index in [1.165, 1.54) is 27.2 Å². The molecule has 0 unspecified atom stereocenters. The normalized spacial score (nSPS) is 21.0. The quantitative estimate of drug-likeness (QED) is 0.0399. The predicted molar refractivity (Wildman–Crippen MR) is 226 cm³/mol. The molecule has 2 saturated heterocycles. The molecule has 3 N–H and O–H groups in total. The number of ether oxygens (including phenoxy) is 6. The van der Waals surface area contributed by atoms with Crippen LogP contribution in [-0.2, 0) is 65.6 Å². The molecule has 2 amide bonds. The zero-order valence-corrected chi connectivity index (χ0v) is 35.9. The monoisotopic (exact) mass is 871 g/mol. The van der Waals surface area contributed by atoms with Crippen LogP contribution in [0.1, 0.15) is 40.9 Å². The SMILES string of the molecule is CO/C=C(/NC(=O)/C(NC(=O)[C@@H](OC(=O)c1cc(OC)cc2c(C)cccc12)[C@]1(C)CO1)=C1/N[C@@H](COS(C)(=O)=O)[C@@H](OCc2ccccc2)[C@@H]1OCc1ccccc1)C(C)=O. The van der Waals surface area contributed by atoms with E-state index in [0.29, 0.717) is 11.1 Å². The Hall–Kier alpha value is -6.11. The highest BCUT2D eigenvalue weighted by Gasteiger charge is 2.54. The number of benzene rings is 4. The zero-order valence-electron chi connectivity index (χ0n) is 35.1. The number of ketones is 1. The minimum absolute atomic E-state index is 0.0211. The van der Waals surface area contributed by atoms with Crippen molar-refractivity contribution in [3.8, 4) is 5.75 Å². The molecular formula is C45H49N3O13S. The second-order valence-electron chi connectivity index (χ2n) is 15.0. The van der Waals surface area contributed by atoms with Gasteiger partial charge in [0.05, 0.1) is 64.2 Å². The van der Waals surface area contributed by atoms with Gasteiger partial charge in [-0.3, -0.25) is 18.6 Å². The van der Waals surface area contributed by atoms with Crippen molar-refractivity contribution in [3.05, 3.63) is 137 Å². The van der Waals surface area contributed by atoms with Gasteiger partial charge >= 0.3 is 5.97 Å². The van der Waals surface area contributed by atoms with Crippen molar-refractivity contribution in [1.82, 2.24) is 16.0 Å². The van der Waals surface area contributed by atoms with Crippen molar-refractivity contribution < 1.29 is 60.2 Å². The van der Waals surface area contributed by atoms with Gasteiger partial charge in [0.15, 0.2) is 5.78 Å². The van der Waals surface area contributed by atoms with Crippen LogP contribution in [0, 0.1) is 6.92 Å². The average Bonchev–Trinajstić information content (AvgIpc) is 3.91. The second kappa shape index (κ2) is 19.7. The van der Waals surface area contributed by atoms with Gasteiger partial charge in [0, 0.05) is 6.92 Å². The van der Waals surface area contributed by atoms with Gasteiger partial charge in [0.1, 0.15) is 41.2 Å². The number of amides is 2. The number of nitrogens with one attached hydrogen (secondary N) is 3. The lowest BCUT2D eigenvalue weighted by molar-refractivity contribution is -0.133. The molecule has 17 heteroatoms. The zero-order chi connectivity index (χ0) is 44.6. The minimum Gasteiger partial charge on any atom is -0.502 e. The van der Waals surface area contributed by atoms with Crippen LogP contribution >= 0.6 is 0 Å². The lowest BCUT2D eigenvalue weighted by Crippen LogP contribution is -2.49. The van der Waals surface area contributed by atoms with E-state index in [1.54, 1.807) is 25.1 Å². The molecule has 328 valence electrons. The first-order chi connectivity index (χ1) is 29.6. The third-order valence-electron chi connectivity index (χ3n) is 10.2. The third kappa shape index (κ3) is 11.2. The molecule has 2 aliphatic heterocycles. The van der Waals surface area contributed by atoms with Crippen LogP contribution < -0.4 is 20.7 Å². The van der Waals surface area contributed by atoms with Crippen molar-refractivity contribution in [3.63, 3.8) is 0 Å². The molecule has 0 aromatic heterocycles. The minimum atomic E-state index is -3.99. The van der Waals surface area contributed by atoms with E-state index in [4.69, 9.17) is 32.6 Å². The van der Waals surface area contributed by atoms with Gasteiger partial charge in [-0.15, -0.1) is 0 Å². The topological polar surface area (TPSA) is 206 Å². The number of methoxy groups -OCH3 is 2. The maximum Gasteiger partial charge on any atom is 0.339 e. The summed E-state index contributed by atoms with van der Waals surface area (Å²) >= 11 is 0. The van der Waals surface area contributed by atoms with Crippen molar-refractivity contribution in [2.75, 3.05) is 33.7 Å². The van der Waals surface area contributed by atoms with Crippen LogP contribution in [-0.4, -0.2) is 95.6 Å². The van der Waals surface area contributed by atoms with E-state index >= 15 is 0 Å². The molecule has 4 aromatic rings. The fraction of sp³-hybridized carbons (Fsp3) is 0.333. The number of allylic oxidation sites excluding steroid dienone is 1. The number of fused-ring (bicyclic) bond motifs is 1.